The van der Waals surface area contributed by atoms with Gasteiger partial charge < -0.3 is 20.1 Å². The minimum absolute atomic E-state index is 0.00383. The molecule has 152 valence electrons. The minimum atomic E-state index is -0.250. The number of nitrogens with one attached hydrogen (secondary N) is 1. The Bertz CT molecular complexity index is 963. The van der Waals surface area contributed by atoms with Crippen molar-refractivity contribution in [3.8, 4) is 5.75 Å². The molecule has 29 heavy (non-hydrogen) atoms. The predicted molar refractivity (Wildman–Crippen MR) is 108 cm³/mol. The van der Waals surface area contributed by atoms with Gasteiger partial charge in [0.1, 0.15) is 10.8 Å². The molecule has 5 rings (SSSR count). The summed E-state index contributed by atoms with van der Waals surface area (Å²) in [6, 6.07) is 3.82. The standard InChI is InChI=1S/C19H19N3O3S.CH2O2/c1-22-14-6-10-11(19-21-12-4-2-3-5-16(12)26-19)7-17(23)20-13(10)8-15(14)25-9-18(22)24;2-1-3/h6,8,11H,2-5,7,9H2,1H3,(H,20,23);1H,(H,2,3). The van der Waals surface area contributed by atoms with E-state index in [1.165, 1.54) is 23.4 Å². The van der Waals surface area contributed by atoms with Crippen molar-refractivity contribution in [3.63, 3.8) is 0 Å². The van der Waals surface area contributed by atoms with Gasteiger partial charge in [-0.2, -0.15) is 0 Å². The zero-order valence-electron chi connectivity index (χ0n) is 15.9. The highest BCUT2D eigenvalue weighted by Gasteiger charge is 2.33. The Labute approximate surface area is 171 Å². The zero-order chi connectivity index (χ0) is 20.5. The van der Waals surface area contributed by atoms with Crippen molar-refractivity contribution < 1.29 is 24.2 Å². The smallest absolute Gasteiger partial charge is 0.290 e. The van der Waals surface area contributed by atoms with Crippen LogP contribution in [0.25, 0.3) is 0 Å². The van der Waals surface area contributed by atoms with Crippen LogP contribution >= 0.6 is 11.3 Å². The molecule has 2 amide bonds. The Hall–Kier alpha value is -2.94. The first-order chi connectivity index (χ1) is 14.0. The molecule has 8 nitrogen and oxygen atoms in total. The van der Waals surface area contributed by atoms with Crippen molar-refractivity contribution in [2.75, 3.05) is 23.9 Å². The van der Waals surface area contributed by atoms with E-state index in [-0.39, 0.29) is 30.8 Å². The summed E-state index contributed by atoms with van der Waals surface area (Å²) >= 11 is 1.74. The number of benzene rings is 1. The quantitative estimate of drug-likeness (QED) is 0.693. The van der Waals surface area contributed by atoms with Crippen molar-refractivity contribution in [1.29, 1.82) is 0 Å². The molecule has 1 atom stereocenters. The van der Waals surface area contributed by atoms with Gasteiger partial charge in [-0.15, -0.1) is 11.3 Å². The van der Waals surface area contributed by atoms with Gasteiger partial charge in [-0.05, 0) is 37.3 Å². The van der Waals surface area contributed by atoms with Crippen LogP contribution in [0.2, 0.25) is 0 Å². The molecular formula is C20H21N3O5S. The van der Waals surface area contributed by atoms with Crippen LogP contribution in [0.3, 0.4) is 0 Å². The molecule has 0 radical (unpaired) electrons. The summed E-state index contributed by atoms with van der Waals surface area (Å²) in [7, 11) is 1.76. The summed E-state index contributed by atoms with van der Waals surface area (Å²) < 4.78 is 5.56. The molecular weight excluding hydrogens is 394 g/mol. The Kier molecular flexibility index (Phi) is 5.23. The van der Waals surface area contributed by atoms with Gasteiger partial charge in [0.2, 0.25) is 5.91 Å². The molecule has 1 aromatic carbocycles. The van der Waals surface area contributed by atoms with Crippen molar-refractivity contribution in [3.05, 3.63) is 33.3 Å². The largest absolute Gasteiger partial charge is 0.483 e. The van der Waals surface area contributed by atoms with E-state index in [1.54, 1.807) is 23.3 Å². The number of thiazole rings is 1. The third-order valence-electron chi connectivity index (χ3n) is 5.42. The summed E-state index contributed by atoms with van der Waals surface area (Å²) in [6.45, 7) is -0.223. The maximum absolute atomic E-state index is 12.3. The number of ether oxygens (including phenoxy) is 1. The number of hydrogen-bond acceptors (Lipinski definition) is 6. The predicted octanol–water partition coefficient (Wildman–Crippen LogP) is 2.55. The lowest BCUT2D eigenvalue weighted by Crippen LogP contribution is -2.36. The lowest BCUT2D eigenvalue weighted by atomic mass is 9.90. The molecule has 3 aliphatic rings. The second-order valence-corrected chi connectivity index (χ2v) is 8.30. The fraction of sp³-hybridized carbons (Fsp3) is 0.400. The molecule has 1 aromatic heterocycles. The molecule has 0 saturated heterocycles. The number of hydrogen-bond donors (Lipinski definition) is 2. The Balaban J connectivity index is 0.000000645. The second-order valence-electron chi connectivity index (χ2n) is 7.19. The van der Waals surface area contributed by atoms with Gasteiger partial charge in [0.25, 0.3) is 12.4 Å². The molecule has 2 aromatic rings. The minimum Gasteiger partial charge on any atom is -0.483 e. The Morgan fingerprint density at radius 1 is 1.31 bits per heavy atom. The third kappa shape index (κ3) is 3.57. The number of aromatic nitrogens is 1. The highest BCUT2D eigenvalue weighted by atomic mass is 32.1. The topological polar surface area (TPSA) is 109 Å². The van der Waals surface area contributed by atoms with E-state index in [0.717, 1.165) is 34.8 Å². The van der Waals surface area contributed by atoms with Crippen LogP contribution in [-0.2, 0) is 27.2 Å². The van der Waals surface area contributed by atoms with Gasteiger partial charge in [0.15, 0.2) is 6.61 Å². The van der Waals surface area contributed by atoms with Crippen molar-refractivity contribution >= 4 is 41.0 Å². The molecule has 0 bridgehead atoms. The van der Waals surface area contributed by atoms with Crippen LogP contribution in [0.1, 0.15) is 46.3 Å². The number of carbonyl (C=O) groups is 3. The van der Waals surface area contributed by atoms with Gasteiger partial charge in [0.05, 0.1) is 11.4 Å². The average Bonchev–Trinajstić information content (AvgIpc) is 3.14. The molecule has 0 spiro atoms. The van der Waals surface area contributed by atoms with Crippen molar-refractivity contribution in [2.45, 2.75) is 38.0 Å². The molecule has 2 aliphatic heterocycles. The van der Waals surface area contributed by atoms with E-state index in [0.29, 0.717) is 12.2 Å². The SMILES string of the molecule is CN1C(=O)COc2cc3c(cc21)C(c1nc2c(s1)CCCC2)CC(=O)N3.O=CO. The number of anilines is 2. The van der Waals surface area contributed by atoms with E-state index in [4.69, 9.17) is 19.6 Å². The summed E-state index contributed by atoms with van der Waals surface area (Å²) in [4.78, 5) is 40.5. The van der Waals surface area contributed by atoms with E-state index >= 15 is 0 Å². The van der Waals surface area contributed by atoms with Crippen LogP contribution in [0, 0.1) is 0 Å². The van der Waals surface area contributed by atoms with E-state index < -0.39 is 0 Å². The lowest BCUT2D eigenvalue weighted by molar-refractivity contribution is -0.123. The number of likely N-dealkylation sites (N-methyl/N-ethyl adjacent to an activating group) is 1. The normalized spacial score (nSPS) is 19.6. The van der Waals surface area contributed by atoms with E-state index in [2.05, 4.69) is 5.32 Å². The number of fused-ring (bicyclic) bond motifs is 3. The second kappa shape index (κ2) is 7.82. The maximum atomic E-state index is 12.3. The van der Waals surface area contributed by atoms with Crippen LogP contribution in [0.5, 0.6) is 5.75 Å². The first-order valence-corrected chi connectivity index (χ1v) is 10.3. The van der Waals surface area contributed by atoms with E-state index in [1.807, 2.05) is 12.1 Å². The number of aryl methyl sites for hydroxylation is 2. The lowest BCUT2D eigenvalue weighted by Gasteiger charge is -2.31. The van der Waals surface area contributed by atoms with Crippen LogP contribution in [0.15, 0.2) is 12.1 Å². The number of amides is 2. The zero-order valence-corrected chi connectivity index (χ0v) is 16.8. The molecule has 1 unspecified atom stereocenters. The van der Waals surface area contributed by atoms with Gasteiger partial charge in [-0.3, -0.25) is 14.4 Å². The van der Waals surface area contributed by atoms with Gasteiger partial charge in [-0.25, -0.2) is 4.98 Å². The summed E-state index contributed by atoms with van der Waals surface area (Å²) in [5.74, 6) is 0.490. The number of carboxylic acid groups (broad SMARTS) is 1. The Morgan fingerprint density at radius 2 is 2.07 bits per heavy atom. The molecule has 0 fully saturated rings. The summed E-state index contributed by atoms with van der Waals surface area (Å²) in [5.41, 5.74) is 3.74. The van der Waals surface area contributed by atoms with Gasteiger partial charge >= 0.3 is 0 Å². The fourth-order valence-electron chi connectivity index (χ4n) is 3.97. The first kappa shape index (κ1) is 19.4. The van der Waals surface area contributed by atoms with Crippen molar-refractivity contribution in [1.82, 2.24) is 4.98 Å². The first-order valence-electron chi connectivity index (χ1n) is 9.45. The fourth-order valence-corrected chi connectivity index (χ4v) is 5.24. The van der Waals surface area contributed by atoms with Crippen LogP contribution in [-0.4, -0.2) is 42.0 Å². The molecule has 9 heteroatoms. The van der Waals surface area contributed by atoms with Crippen LogP contribution < -0.4 is 15.0 Å². The maximum Gasteiger partial charge on any atom is 0.290 e. The molecule has 2 N–H and O–H groups in total. The van der Waals surface area contributed by atoms with Crippen molar-refractivity contribution in [2.24, 2.45) is 0 Å². The summed E-state index contributed by atoms with van der Waals surface area (Å²) in [6.07, 6.45) is 4.92. The molecule has 1 aliphatic carbocycles. The number of rotatable bonds is 1. The highest BCUT2D eigenvalue weighted by Crippen LogP contribution is 2.45. The third-order valence-corrected chi connectivity index (χ3v) is 6.69. The van der Waals surface area contributed by atoms with Gasteiger partial charge in [0, 0.05) is 36.0 Å². The average molecular weight is 415 g/mol. The molecule has 0 saturated carbocycles. The van der Waals surface area contributed by atoms with E-state index in [9.17, 15) is 9.59 Å². The van der Waals surface area contributed by atoms with Crippen LogP contribution in [0.4, 0.5) is 11.4 Å². The number of carbonyl (C=O) groups excluding carboxylic acids is 2. The monoisotopic (exact) mass is 415 g/mol. The Morgan fingerprint density at radius 3 is 2.83 bits per heavy atom. The molecule has 3 heterocycles. The van der Waals surface area contributed by atoms with Gasteiger partial charge in [-0.1, -0.05) is 0 Å². The summed E-state index contributed by atoms with van der Waals surface area (Å²) in [5, 5.41) is 10.9. The number of nitrogens with zero attached hydrogens (tertiary/aromatic N) is 2. The highest BCUT2D eigenvalue weighted by molar-refractivity contribution is 7.11.